The van der Waals surface area contributed by atoms with Crippen LogP contribution in [0.4, 0.5) is 5.95 Å². The molecule has 0 saturated heterocycles. The average molecular weight is 340 g/mol. The number of carboxylic acids is 1. The maximum atomic E-state index is 10.5. The molecule has 2 N–H and O–H groups in total. The van der Waals surface area contributed by atoms with E-state index in [9.17, 15) is 4.79 Å². The van der Waals surface area contributed by atoms with Gasteiger partial charge >= 0.3 is 5.97 Å². The number of hydrogen-bond donors (Lipinski definition) is 2. The molecule has 1 aromatic heterocycles. The molecule has 116 valence electrons. The van der Waals surface area contributed by atoms with E-state index in [2.05, 4.69) is 15.3 Å². The number of carbonyl (C=O) groups is 1. The maximum Gasteiger partial charge on any atom is 0.303 e. The molecule has 0 aliphatic heterocycles. The van der Waals surface area contributed by atoms with Gasteiger partial charge in [-0.3, -0.25) is 4.79 Å². The van der Waals surface area contributed by atoms with Crippen molar-refractivity contribution in [2.24, 2.45) is 0 Å². The number of aliphatic carboxylic acids is 1. The summed E-state index contributed by atoms with van der Waals surface area (Å²) in [7, 11) is 0. The van der Waals surface area contributed by atoms with Crippen LogP contribution in [0.5, 0.6) is 0 Å². The fraction of sp³-hybridized carbons (Fsp3) is 0.267. The second-order valence-corrected chi connectivity index (χ2v) is 5.67. The van der Waals surface area contributed by atoms with E-state index in [-0.39, 0.29) is 6.42 Å². The largest absolute Gasteiger partial charge is 0.481 e. The number of aromatic nitrogens is 2. The van der Waals surface area contributed by atoms with Crippen LogP contribution in [0.2, 0.25) is 10.0 Å². The lowest BCUT2D eigenvalue weighted by Gasteiger charge is -2.06. The number of halogens is 2. The van der Waals surface area contributed by atoms with Gasteiger partial charge in [-0.1, -0.05) is 23.2 Å². The van der Waals surface area contributed by atoms with Crippen molar-refractivity contribution in [2.45, 2.75) is 25.8 Å². The minimum absolute atomic E-state index is 0.148. The summed E-state index contributed by atoms with van der Waals surface area (Å²) in [6, 6.07) is 5.32. The van der Waals surface area contributed by atoms with Gasteiger partial charge in [-0.2, -0.15) is 0 Å². The Hall–Kier alpha value is -1.85. The number of nitrogens with one attached hydrogen (secondary N) is 1. The first-order valence-electron chi connectivity index (χ1n) is 6.74. The van der Waals surface area contributed by atoms with E-state index in [1.165, 1.54) is 0 Å². The highest BCUT2D eigenvalue weighted by molar-refractivity contribution is 6.34. The van der Waals surface area contributed by atoms with Gasteiger partial charge in [0.05, 0.1) is 0 Å². The SMILES string of the molecule is O=C(O)CCCc1cnc(NCc2cc(Cl)cc(Cl)c2)nc1. The van der Waals surface area contributed by atoms with Crippen LogP contribution in [-0.2, 0) is 17.8 Å². The first-order chi connectivity index (χ1) is 10.5. The van der Waals surface area contributed by atoms with E-state index in [1.54, 1.807) is 18.5 Å². The Balaban J connectivity index is 1.87. The lowest BCUT2D eigenvalue weighted by Crippen LogP contribution is -2.04. The lowest BCUT2D eigenvalue weighted by molar-refractivity contribution is -0.137. The van der Waals surface area contributed by atoms with Crippen LogP contribution >= 0.6 is 23.2 Å². The predicted molar refractivity (Wildman–Crippen MR) is 86.4 cm³/mol. The molecule has 0 unspecified atom stereocenters. The average Bonchev–Trinajstić information content (AvgIpc) is 2.45. The van der Waals surface area contributed by atoms with Crippen molar-refractivity contribution in [1.82, 2.24) is 9.97 Å². The van der Waals surface area contributed by atoms with Crippen LogP contribution in [0, 0.1) is 0 Å². The number of hydrogen-bond acceptors (Lipinski definition) is 4. The minimum Gasteiger partial charge on any atom is -0.481 e. The van der Waals surface area contributed by atoms with Crippen molar-refractivity contribution in [3.8, 4) is 0 Å². The molecule has 0 amide bonds. The molecule has 2 aromatic rings. The summed E-state index contributed by atoms with van der Waals surface area (Å²) in [5, 5.41) is 12.8. The summed E-state index contributed by atoms with van der Waals surface area (Å²) in [5.41, 5.74) is 1.85. The highest BCUT2D eigenvalue weighted by Crippen LogP contribution is 2.19. The molecule has 1 heterocycles. The monoisotopic (exact) mass is 339 g/mol. The molecule has 2 rings (SSSR count). The fourth-order valence-electron chi connectivity index (χ4n) is 1.91. The fourth-order valence-corrected chi connectivity index (χ4v) is 2.48. The van der Waals surface area contributed by atoms with Gasteiger partial charge < -0.3 is 10.4 Å². The van der Waals surface area contributed by atoms with E-state index in [1.807, 2.05) is 12.1 Å². The summed E-state index contributed by atoms with van der Waals surface area (Å²) in [6.07, 6.45) is 4.77. The Labute approximate surface area is 138 Å². The molecule has 0 atom stereocenters. The Morgan fingerprint density at radius 1 is 1.09 bits per heavy atom. The van der Waals surface area contributed by atoms with Crippen LogP contribution in [0.15, 0.2) is 30.6 Å². The van der Waals surface area contributed by atoms with Gasteiger partial charge in [-0.15, -0.1) is 0 Å². The lowest BCUT2D eigenvalue weighted by atomic mass is 10.1. The van der Waals surface area contributed by atoms with Crippen LogP contribution < -0.4 is 5.32 Å². The van der Waals surface area contributed by atoms with Gasteiger partial charge in [0, 0.05) is 35.4 Å². The topological polar surface area (TPSA) is 75.1 Å². The van der Waals surface area contributed by atoms with Crippen molar-refractivity contribution < 1.29 is 9.90 Å². The number of aryl methyl sites for hydroxylation is 1. The van der Waals surface area contributed by atoms with E-state index in [4.69, 9.17) is 28.3 Å². The molecule has 0 fully saturated rings. The molecular weight excluding hydrogens is 325 g/mol. The van der Waals surface area contributed by atoms with Crippen molar-refractivity contribution in [1.29, 1.82) is 0 Å². The zero-order valence-corrected chi connectivity index (χ0v) is 13.2. The third-order valence-corrected chi connectivity index (χ3v) is 3.37. The van der Waals surface area contributed by atoms with E-state index in [0.717, 1.165) is 11.1 Å². The Kier molecular flexibility index (Phi) is 5.98. The third-order valence-electron chi connectivity index (χ3n) is 2.93. The highest BCUT2D eigenvalue weighted by atomic mass is 35.5. The van der Waals surface area contributed by atoms with Crippen molar-refractivity contribution in [3.05, 3.63) is 51.8 Å². The van der Waals surface area contributed by atoms with Gasteiger partial charge in [0.25, 0.3) is 0 Å². The summed E-state index contributed by atoms with van der Waals surface area (Å²) < 4.78 is 0. The van der Waals surface area contributed by atoms with Gasteiger partial charge in [0.1, 0.15) is 0 Å². The standard InChI is InChI=1S/C15H15Cl2N3O2/c16-12-4-11(5-13(17)6-12)9-20-15-18-7-10(8-19-15)2-1-3-14(21)22/h4-8H,1-3,9H2,(H,21,22)(H,18,19,20). The number of rotatable bonds is 7. The smallest absolute Gasteiger partial charge is 0.303 e. The highest BCUT2D eigenvalue weighted by Gasteiger charge is 2.02. The van der Waals surface area contributed by atoms with Crippen LogP contribution in [0.25, 0.3) is 0 Å². The molecule has 22 heavy (non-hydrogen) atoms. The van der Waals surface area contributed by atoms with Crippen LogP contribution in [0.3, 0.4) is 0 Å². The molecular formula is C15H15Cl2N3O2. The molecule has 0 aliphatic carbocycles. The van der Waals surface area contributed by atoms with Crippen molar-refractivity contribution >= 4 is 35.1 Å². The number of benzene rings is 1. The summed E-state index contributed by atoms with van der Waals surface area (Å²) in [4.78, 5) is 18.9. The first kappa shape index (κ1) is 16.5. The van der Waals surface area contributed by atoms with E-state index < -0.39 is 5.97 Å². The molecule has 5 nitrogen and oxygen atoms in total. The van der Waals surface area contributed by atoms with Crippen LogP contribution in [-0.4, -0.2) is 21.0 Å². The van der Waals surface area contributed by atoms with E-state index >= 15 is 0 Å². The molecule has 0 radical (unpaired) electrons. The zero-order chi connectivity index (χ0) is 15.9. The second kappa shape index (κ2) is 7.96. The minimum atomic E-state index is -0.792. The normalized spacial score (nSPS) is 10.5. The molecule has 0 spiro atoms. The Morgan fingerprint density at radius 3 is 2.32 bits per heavy atom. The zero-order valence-electron chi connectivity index (χ0n) is 11.7. The summed E-state index contributed by atoms with van der Waals surface area (Å²) in [5.74, 6) is -0.294. The number of anilines is 1. The predicted octanol–water partition coefficient (Wildman–Crippen LogP) is 3.80. The first-order valence-corrected chi connectivity index (χ1v) is 7.50. The van der Waals surface area contributed by atoms with Crippen molar-refractivity contribution in [2.75, 3.05) is 5.32 Å². The summed E-state index contributed by atoms with van der Waals surface area (Å²) in [6.45, 7) is 0.513. The molecule has 7 heteroatoms. The van der Waals surface area contributed by atoms with Gasteiger partial charge in [0.2, 0.25) is 5.95 Å². The maximum absolute atomic E-state index is 10.5. The van der Waals surface area contributed by atoms with Crippen LogP contribution in [0.1, 0.15) is 24.0 Å². The Morgan fingerprint density at radius 2 is 1.73 bits per heavy atom. The van der Waals surface area contributed by atoms with Gasteiger partial charge in [-0.05, 0) is 42.2 Å². The van der Waals surface area contributed by atoms with Crippen molar-refractivity contribution in [3.63, 3.8) is 0 Å². The Bertz CT molecular complexity index is 627. The second-order valence-electron chi connectivity index (χ2n) is 4.79. The third kappa shape index (κ3) is 5.50. The number of carboxylic acid groups (broad SMARTS) is 1. The molecule has 0 bridgehead atoms. The number of nitrogens with zero attached hydrogens (tertiary/aromatic N) is 2. The quantitative estimate of drug-likeness (QED) is 0.802. The van der Waals surface area contributed by atoms with E-state index in [0.29, 0.717) is 35.4 Å². The molecule has 0 aliphatic rings. The summed E-state index contributed by atoms with van der Waals surface area (Å²) >= 11 is 11.9. The van der Waals surface area contributed by atoms with Gasteiger partial charge in [0.15, 0.2) is 0 Å². The molecule has 1 aromatic carbocycles. The van der Waals surface area contributed by atoms with Gasteiger partial charge in [-0.25, -0.2) is 9.97 Å². The molecule has 0 saturated carbocycles.